The maximum atomic E-state index is 12.6. The third-order valence-corrected chi connectivity index (χ3v) is 43.4. The van der Waals surface area contributed by atoms with E-state index in [1.54, 1.807) is 0 Å². The summed E-state index contributed by atoms with van der Waals surface area (Å²) in [5, 5.41) is 3.25. The molecule has 0 bridgehead atoms. The van der Waals surface area contributed by atoms with Crippen molar-refractivity contribution in [2.45, 2.75) is 128 Å². The summed E-state index contributed by atoms with van der Waals surface area (Å²) in [5.41, 5.74) is 3.68. The number of hydrogen-bond donors (Lipinski definition) is 0. The molecule has 7 aliphatic heterocycles. The topological polar surface area (TPSA) is 452 Å². The molecule has 620 valence electrons. The zero-order valence-corrected chi connectivity index (χ0v) is 80.0. The summed E-state index contributed by atoms with van der Waals surface area (Å²) < 4.78 is 223. The van der Waals surface area contributed by atoms with E-state index in [-0.39, 0.29) is 253 Å². The molecule has 0 atom stereocenters. The number of carbonyl (C=O) groups excluding carboxylic acids is 3. The number of aromatic nitrogens is 2. The smallest absolute Gasteiger partial charge is 1.00 e. The number of hydrogen-bond acceptors (Lipinski definition) is 27. The first-order chi connectivity index (χ1) is 53.7. The minimum absolute atomic E-state index is 0. The van der Waals surface area contributed by atoms with Crippen molar-refractivity contribution in [3.63, 3.8) is 0 Å². The van der Waals surface area contributed by atoms with E-state index in [2.05, 4.69) is 43.1 Å². The van der Waals surface area contributed by atoms with Crippen LogP contribution in [-0.2, 0) is 87.5 Å². The maximum absolute atomic E-state index is 12.6. The summed E-state index contributed by atoms with van der Waals surface area (Å²) in [5.74, 6) is -2.85. The molecule has 6 aromatic rings. The molecule has 2 aromatic heterocycles. The Kier molecular flexibility index (Phi) is 29.4. The monoisotopic (exact) mass is 1790 g/mol. The van der Waals surface area contributed by atoms with E-state index in [1.807, 2.05) is 97.1 Å². The molecule has 9 heterocycles. The predicted octanol–water partition coefficient (Wildman–Crippen LogP) is -4.54. The van der Waals surface area contributed by atoms with Crippen molar-refractivity contribution in [3.8, 4) is 0 Å². The van der Waals surface area contributed by atoms with E-state index in [9.17, 15) is 87.5 Å². The quantitative estimate of drug-likeness (QED) is 0.0114. The first kappa shape index (κ1) is 95.0. The van der Waals surface area contributed by atoms with Crippen LogP contribution in [0.3, 0.4) is 0 Å². The van der Waals surface area contributed by atoms with Gasteiger partial charge >= 0.3 is 695 Å². The fraction of sp³-hybridized carbons (Fsp3) is 0.514. The van der Waals surface area contributed by atoms with E-state index >= 15 is 0 Å². The van der Waals surface area contributed by atoms with Gasteiger partial charge in [-0.25, -0.2) is 4.79 Å². The van der Waals surface area contributed by atoms with Gasteiger partial charge in [-0.3, -0.25) is 9.59 Å². The number of unbranched alkanes of at least 4 members (excludes halogenated alkanes) is 4. The number of hydroxylamine groups is 2. The average Bonchev–Trinajstić information content (AvgIpc) is 1.45. The molecular formula is C72H94N11Na3O23S5Si3. The van der Waals surface area contributed by atoms with Gasteiger partial charge in [-0.05, 0) is 0 Å². The number of rotatable bonds is 46. The average molecular weight is 1800 g/mol. The van der Waals surface area contributed by atoms with Crippen LogP contribution in [0.1, 0.15) is 112 Å². The van der Waals surface area contributed by atoms with Gasteiger partial charge in [0.05, 0.1) is 13.0 Å². The summed E-state index contributed by atoms with van der Waals surface area (Å²) >= 11 is 0. The second kappa shape index (κ2) is 36.2. The van der Waals surface area contributed by atoms with Crippen LogP contribution in [0.25, 0.3) is 21.5 Å². The number of ether oxygens (including phenoxy) is 2. The molecule has 0 N–H and O–H groups in total. The predicted molar refractivity (Wildman–Crippen MR) is 420 cm³/mol. The minimum Gasteiger partial charge on any atom is 1.00 e. The van der Waals surface area contributed by atoms with Gasteiger partial charge in [0, 0.05) is 12.8 Å². The molecule has 45 heteroatoms. The van der Waals surface area contributed by atoms with Gasteiger partial charge in [-0.15, -0.1) is 5.06 Å². The number of amides is 2. The Bertz CT molecular complexity index is 5540. The molecule has 1 fully saturated rings. The number of fused-ring (bicyclic) bond motifs is 12. The van der Waals surface area contributed by atoms with Crippen molar-refractivity contribution in [1.82, 2.24) is 13.5 Å². The van der Waals surface area contributed by atoms with Crippen molar-refractivity contribution >= 4 is 149 Å². The molecule has 117 heavy (non-hydrogen) atoms. The summed E-state index contributed by atoms with van der Waals surface area (Å²) in [6, 6.07) is 32.0. The van der Waals surface area contributed by atoms with Gasteiger partial charge in [0.25, 0.3) is 11.8 Å². The third-order valence-electron chi connectivity index (χ3n) is 22.8. The minimum atomic E-state index is -7.52. The molecule has 13 rings (SSSR count). The standard InChI is InChI=1S/C72H97N11O23S5Si3.3Na/c1-112(2,52-22-40-82(39-21-51-111(99,100)101,35-13-17-47-107(87,88)89)36-14-18-48-108(90,91)92)105-114(106-113(3,4)53-23-41-83(37-15-19-49-109(93,94)95,38-16-20-50-110(96,97)98)42-44-103-46-45-102-43-34-64(86)104-77-62(84)32-33-63(77)85)78-65-54-24-5-6-25-55(54)66(78)74-68-58-28-9-10-29-59(58)70(80(68)114)76-72-61-31-12-11-30-60(61)71(81(72)114)75-69-57-27-8-7-26-56(57)67(73-65)79(69)114;;;/h5-12,24-31H,13-23,32-53H2,1-4H3,(H3-2,87,88,89,90,91,92,93,94,95,96,97,98,99,100,101);;;/q;3*+1/p-3. The molecule has 0 radical (unpaired) electrons. The van der Waals surface area contributed by atoms with Gasteiger partial charge in [0.15, 0.2) is 0 Å². The first-order valence-corrected chi connectivity index (χ1v) is 55.2. The van der Waals surface area contributed by atoms with Gasteiger partial charge in [0.2, 0.25) is 0 Å². The molecule has 4 aromatic carbocycles. The van der Waals surface area contributed by atoms with E-state index < -0.39 is 122 Å². The molecule has 7 aliphatic rings. The summed E-state index contributed by atoms with van der Waals surface area (Å²) in [7, 11) is -38.6. The van der Waals surface area contributed by atoms with E-state index in [0.717, 1.165) is 0 Å². The largest absolute Gasteiger partial charge is 1.00 e. The Labute approximate surface area is 748 Å². The Morgan fingerprint density at radius 1 is 0.427 bits per heavy atom. The van der Waals surface area contributed by atoms with Crippen LogP contribution in [0.4, 0.5) is 11.6 Å². The van der Waals surface area contributed by atoms with Gasteiger partial charge in [-0.1, -0.05) is 0 Å². The molecule has 0 aliphatic carbocycles. The Morgan fingerprint density at radius 2 is 0.761 bits per heavy atom. The number of benzene rings is 4. The molecule has 1 saturated heterocycles. The summed E-state index contributed by atoms with van der Waals surface area (Å²) in [4.78, 5) is 65.0. The number of aliphatic imine (C=N–C) groups is 2. The van der Waals surface area contributed by atoms with Gasteiger partial charge in [0.1, 0.15) is 0 Å². The molecule has 34 nitrogen and oxygen atoms in total. The zero-order valence-electron chi connectivity index (χ0n) is 66.9. The Balaban J connectivity index is 0.00000481. The fourth-order valence-corrected chi connectivity index (χ4v) is 43.3. The molecule has 0 unspecified atom stereocenters. The summed E-state index contributed by atoms with van der Waals surface area (Å²) in [6.45, 7) is 10.2. The van der Waals surface area contributed by atoms with Crippen LogP contribution in [0.15, 0.2) is 117 Å². The number of carbonyl (C=O) groups is 3. The van der Waals surface area contributed by atoms with Crippen molar-refractivity contribution < 1.29 is 208 Å². The van der Waals surface area contributed by atoms with Crippen molar-refractivity contribution in [3.05, 3.63) is 130 Å². The molecule has 2 amide bonds. The van der Waals surface area contributed by atoms with E-state index in [4.69, 9.17) is 34.3 Å². The molecular weight excluding hydrogens is 1700 g/mol. The van der Waals surface area contributed by atoms with Crippen molar-refractivity contribution in [1.29, 1.82) is 0 Å². The van der Waals surface area contributed by atoms with Crippen molar-refractivity contribution in [2.24, 2.45) is 20.0 Å². The zero-order chi connectivity index (χ0) is 81.8. The SMILES string of the molecule is C[Si](C)(CCC[N+](CCCCS(=O)(=O)[O-])(CCCCS(=O)(=O)[O-])CCCS(=O)(=O)[O-])O[Si-2]123(O[Si](C)(C)CCC[N+](CCCCS(=O)(=O)[O-])(CCCCS(=O)(=O)[O-])CCOCCOCCC(=O)ON4C(=O)CCC4=O)n4c5c6ccccc6c4N=C4c6ccccc6C(=[N+]41)N=c1c4ccccc4c(n12)=NC1=[N+]3C(=N5)c2ccccc21.[Na+].[Na+].[Na+]. The van der Waals surface area contributed by atoms with Crippen LogP contribution < -0.4 is 99.6 Å². The number of nitrogens with zero attached hydrogens (tertiary/aromatic N) is 11. The summed E-state index contributed by atoms with van der Waals surface area (Å²) in [6.07, 6.45) is 0.780. The van der Waals surface area contributed by atoms with Crippen LogP contribution in [0.2, 0.25) is 38.3 Å². The van der Waals surface area contributed by atoms with Crippen LogP contribution in [0, 0.1) is 0 Å². The third kappa shape index (κ3) is 19.2. The Morgan fingerprint density at radius 3 is 1.15 bits per heavy atom. The number of amidine groups is 4. The van der Waals surface area contributed by atoms with Gasteiger partial charge in [-0.2, -0.15) is 0 Å². The van der Waals surface area contributed by atoms with E-state index in [1.165, 1.54) is 0 Å². The van der Waals surface area contributed by atoms with Crippen LogP contribution in [0.5, 0.6) is 0 Å². The van der Waals surface area contributed by atoms with Gasteiger partial charge < -0.3 is 4.84 Å². The normalized spacial score (nSPS) is 17.4. The molecule has 1 spiro atoms. The second-order valence-electron chi connectivity index (χ2n) is 31.9. The van der Waals surface area contributed by atoms with Crippen molar-refractivity contribution in [2.75, 3.05) is 108 Å². The van der Waals surface area contributed by atoms with Crippen LogP contribution in [-0.4, -0.2) is 269 Å². The number of quaternary nitrogens is 2. The van der Waals surface area contributed by atoms with Crippen LogP contribution >= 0.6 is 0 Å². The first-order valence-electron chi connectivity index (χ1n) is 38.4. The molecule has 0 saturated carbocycles. The number of imide groups is 1. The fourth-order valence-electron chi connectivity index (χ4n) is 18.3. The second-order valence-corrected chi connectivity index (χ2v) is 53.8. The van der Waals surface area contributed by atoms with E-state index in [0.29, 0.717) is 120 Å². The Hall–Kier alpha value is -4.19. The maximum Gasteiger partial charge on any atom is 1.00 e.